The Morgan fingerprint density at radius 2 is 1.86 bits per heavy atom. The van der Waals surface area contributed by atoms with Gasteiger partial charge in [0.2, 0.25) is 5.91 Å². The molecule has 1 N–H and O–H groups in total. The summed E-state index contributed by atoms with van der Waals surface area (Å²) in [5.74, 6) is 2.36. The smallest absolute Gasteiger partial charge is 0.220 e. The number of anilines is 2. The van der Waals surface area contributed by atoms with Crippen molar-refractivity contribution in [3.63, 3.8) is 0 Å². The summed E-state index contributed by atoms with van der Waals surface area (Å²) in [6.45, 7) is 1.09. The Hall–Kier alpha value is -3.74. The number of benzene rings is 2. The third-order valence-corrected chi connectivity index (χ3v) is 6.78. The van der Waals surface area contributed by atoms with Gasteiger partial charge < -0.3 is 24.4 Å². The number of carbonyl (C=O) groups excluding carboxylic acids is 1. The van der Waals surface area contributed by atoms with E-state index < -0.39 is 0 Å². The number of amides is 1. The van der Waals surface area contributed by atoms with Crippen molar-refractivity contribution < 1.29 is 19.0 Å². The number of hydrogen-bond donors (Lipinski definition) is 1. The van der Waals surface area contributed by atoms with Gasteiger partial charge in [-0.1, -0.05) is 12.1 Å². The lowest BCUT2D eigenvalue weighted by Gasteiger charge is -2.27. The summed E-state index contributed by atoms with van der Waals surface area (Å²) in [5, 5.41) is 2.96. The van der Waals surface area contributed by atoms with Gasteiger partial charge in [0.15, 0.2) is 11.5 Å². The summed E-state index contributed by atoms with van der Waals surface area (Å²) in [6.07, 6.45) is 9.83. The standard InChI is InChI=1S/C29H33N3O4/c1-34-27-13-12-24(17-28(27)36-25-8-2-3-9-25)32(19-21-6-5-15-30-18-21)23-7-4-10-26(16-23)35-20-22-11-14-29(33)31-22/h4-7,10,12-13,15-18,22,25H,2-3,8-9,11,14,19-20H2,1H3,(H,31,33)/t22-/m0/s1. The van der Waals surface area contributed by atoms with E-state index in [0.717, 1.165) is 53.4 Å². The van der Waals surface area contributed by atoms with Crippen LogP contribution in [0.3, 0.4) is 0 Å². The van der Waals surface area contributed by atoms with Crippen LogP contribution in [0.15, 0.2) is 67.0 Å². The monoisotopic (exact) mass is 487 g/mol. The van der Waals surface area contributed by atoms with Gasteiger partial charge in [-0.05, 0) is 68.0 Å². The molecule has 5 rings (SSSR count). The minimum atomic E-state index is 0.0598. The van der Waals surface area contributed by atoms with Crippen molar-refractivity contribution in [2.24, 2.45) is 0 Å². The van der Waals surface area contributed by atoms with Gasteiger partial charge >= 0.3 is 0 Å². The molecule has 1 saturated heterocycles. The summed E-state index contributed by atoms with van der Waals surface area (Å²) in [6, 6.07) is 18.2. The molecule has 1 aromatic heterocycles. The maximum absolute atomic E-state index is 11.5. The molecular weight excluding hydrogens is 454 g/mol. The van der Waals surface area contributed by atoms with Crippen molar-refractivity contribution in [1.29, 1.82) is 0 Å². The van der Waals surface area contributed by atoms with Gasteiger partial charge in [-0.3, -0.25) is 9.78 Å². The predicted molar refractivity (Wildman–Crippen MR) is 139 cm³/mol. The highest BCUT2D eigenvalue weighted by Crippen LogP contribution is 2.38. The van der Waals surface area contributed by atoms with Gasteiger partial charge in [0.05, 0.1) is 19.3 Å². The van der Waals surface area contributed by atoms with Crippen molar-refractivity contribution in [3.05, 3.63) is 72.6 Å². The van der Waals surface area contributed by atoms with Crippen LogP contribution in [0.2, 0.25) is 0 Å². The SMILES string of the molecule is COc1ccc(N(Cc2cccnc2)c2cccc(OC[C@@H]3CCC(=O)N3)c2)cc1OC1CCCC1. The molecule has 2 aliphatic rings. The lowest BCUT2D eigenvalue weighted by molar-refractivity contribution is -0.119. The van der Waals surface area contributed by atoms with E-state index in [9.17, 15) is 4.79 Å². The molecule has 2 aromatic carbocycles. The first-order chi connectivity index (χ1) is 17.7. The third-order valence-electron chi connectivity index (χ3n) is 6.78. The second-order valence-corrected chi connectivity index (χ2v) is 9.42. The minimum Gasteiger partial charge on any atom is -0.493 e. The summed E-state index contributed by atoms with van der Waals surface area (Å²) in [5.41, 5.74) is 3.07. The number of methoxy groups -OCH3 is 1. The van der Waals surface area contributed by atoms with Crippen molar-refractivity contribution >= 4 is 17.3 Å². The van der Waals surface area contributed by atoms with Crippen molar-refractivity contribution in [2.75, 3.05) is 18.6 Å². The zero-order chi connectivity index (χ0) is 24.7. The predicted octanol–water partition coefficient (Wildman–Crippen LogP) is 5.41. The molecule has 3 aromatic rings. The van der Waals surface area contributed by atoms with Gasteiger partial charge in [-0.25, -0.2) is 0 Å². The topological polar surface area (TPSA) is 72.9 Å². The van der Waals surface area contributed by atoms with Gasteiger partial charge in [-0.15, -0.1) is 0 Å². The normalized spacial score (nSPS) is 17.6. The van der Waals surface area contributed by atoms with Gasteiger partial charge in [0.1, 0.15) is 12.4 Å². The number of pyridine rings is 1. The highest BCUT2D eigenvalue weighted by atomic mass is 16.5. The summed E-state index contributed by atoms with van der Waals surface area (Å²) < 4.78 is 18.1. The first-order valence-electron chi connectivity index (χ1n) is 12.7. The Kier molecular flexibility index (Phi) is 7.55. The Balaban J connectivity index is 1.42. The summed E-state index contributed by atoms with van der Waals surface area (Å²) >= 11 is 0. The molecular formula is C29H33N3O4. The van der Waals surface area contributed by atoms with Crippen molar-refractivity contribution in [3.8, 4) is 17.2 Å². The lowest BCUT2D eigenvalue weighted by atomic mass is 10.1. The molecule has 1 saturated carbocycles. The van der Waals surface area contributed by atoms with Crippen molar-refractivity contribution in [2.45, 2.75) is 57.2 Å². The van der Waals surface area contributed by atoms with E-state index in [0.29, 0.717) is 19.6 Å². The van der Waals surface area contributed by atoms with E-state index in [4.69, 9.17) is 14.2 Å². The van der Waals surface area contributed by atoms with Crippen LogP contribution in [0.5, 0.6) is 17.2 Å². The van der Waals surface area contributed by atoms with E-state index >= 15 is 0 Å². The van der Waals surface area contributed by atoms with Crippen LogP contribution in [-0.2, 0) is 11.3 Å². The van der Waals surface area contributed by atoms with E-state index in [2.05, 4.69) is 39.5 Å². The van der Waals surface area contributed by atoms with Crippen LogP contribution in [0.4, 0.5) is 11.4 Å². The van der Waals surface area contributed by atoms with Crippen molar-refractivity contribution in [1.82, 2.24) is 10.3 Å². The molecule has 0 radical (unpaired) electrons. The maximum Gasteiger partial charge on any atom is 0.220 e. The van der Waals surface area contributed by atoms with Crippen LogP contribution in [0.1, 0.15) is 44.1 Å². The zero-order valence-electron chi connectivity index (χ0n) is 20.7. The van der Waals surface area contributed by atoms with E-state index in [1.54, 1.807) is 13.3 Å². The average molecular weight is 488 g/mol. The number of rotatable bonds is 10. The highest BCUT2D eigenvalue weighted by molar-refractivity contribution is 5.78. The van der Waals surface area contributed by atoms with Gasteiger partial charge in [-0.2, -0.15) is 0 Å². The Bertz CT molecular complexity index is 1160. The molecule has 2 heterocycles. The number of carbonyl (C=O) groups is 1. The molecule has 188 valence electrons. The molecule has 1 aliphatic carbocycles. The molecule has 0 unspecified atom stereocenters. The highest BCUT2D eigenvalue weighted by Gasteiger charge is 2.22. The Labute approximate surface area is 212 Å². The van der Waals surface area contributed by atoms with E-state index in [1.807, 2.05) is 36.5 Å². The number of hydrogen-bond acceptors (Lipinski definition) is 6. The van der Waals surface area contributed by atoms with Crippen LogP contribution < -0.4 is 24.4 Å². The number of ether oxygens (including phenoxy) is 3. The number of aromatic nitrogens is 1. The number of nitrogens with one attached hydrogen (secondary N) is 1. The van der Waals surface area contributed by atoms with Crippen LogP contribution in [0, 0.1) is 0 Å². The molecule has 1 atom stereocenters. The first-order valence-corrected chi connectivity index (χ1v) is 12.7. The largest absolute Gasteiger partial charge is 0.493 e. The fourth-order valence-electron chi connectivity index (χ4n) is 4.86. The Morgan fingerprint density at radius 1 is 1.00 bits per heavy atom. The fourth-order valence-corrected chi connectivity index (χ4v) is 4.86. The zero-order valence-corrected chi connectivity index (χ0v) is 20.7. The molecule has 0 bridgehead atoms. The second-order valence-electron chi connectivity index (χ2n) is 9.42. The lowest BCUT2D eigenvalue weighted by Crippen LogP contribution is -2.30. The molecule has 1 aliphatic heterocycles. The van der Waals surface area contributed by atoms with Crippen LogP contribution in [-0.4, -0.2) is 36.8 Å². The molecule has 0 spiro atoms. The third kappa shape index (κ3) is 5.90. The van der Waals surface area contributed by atoms with E-state index in [-0.39, 0.29) is 18.1 Å². The van der Waals surface area contributed by atoms with Crippen LogP contribution in [0.25, 0.3) is 0 Å². The molecule has 1 amide bonds. The van der Waals surface area contributed by atoms with Gasteiger partial charge in [0.25, 0.3) is 0 Å². The quantitative estimate of drug-likeness (QED) is 0.412. The van der Waals surface area contributed by atoms with Crippen LogP contribution >= 0.6 is 0 Å². The fraction of sp³-hybridized carbons (Fsp3) is 0.379. The molecule has 36 heavy (non-hydrogen) atoms. The van der Waals surface area contributed by atoms with Gasteiger partial charge in [0, 0.05) is 48.9 Å². The molecule has 2 fully saturated rings. The minimum absolute atomic E-state index is 0.0598. The second kappa shape index (κ2) is 11.3. The van der Waals surface area contributed by atoms with E-state index in [1.165, 1.54) is 12.8 Å². The summed E-state index contributed by atoms with van der Waals surface area (Å²) in [4.78, 5) is 18.1. The molecule has 7 heteroatoms. The molecule has 7 nitrogen and oxygen atoms in total. The first kappa shape index (κ1) is 24.0. The maximum atomic E-state index is 11.5. The average Bonchev–Trinajstić information content (AvgIpc) is 3.58. The Morgan fingerprint density at radius 3 is 2.61 bits per heavy atom. The number of nitrogens with zero attached hydrogens (tertiary/aromatic N) is 2. The summed E-state index contributed by atoms with van der Waals surface area (Å²) in [7, 11) is 1.68.